The van der Waals surface area contributed by atoms with Crippen molar-refractivity contribution in [3.05, 3.63) is 29.6 Å². The molecule has 1 rings (SSSR count). The normalized spacial score (nSPS) is 13.8. The Morgan fingerprint density at radius 1 is 1.44 bits per heavy atom. The molecule has 90 valence electrons. The van der Waals surface area contributed by atoms with Gasteiger partial charge in [-0.2, -0.15) is 0 Å². The lowest BCUT2D eigenvalue weighted by Gasteiger charge is -2.23. The van der Waals surface area contributed by atoms with Gasteiger partial charge in [0.05, 0.1) is 0 Å². The first kappa shape index (κ1) is 13.1. The maximum absolute atomic E-state index is 5.61. The molecule has 16 heavy (non-hydrogen) atoms. The zero-order valence-corrected chi connectivity index (χ0v) is 10.7. The third-order valence-corrected chi connectivity index (χ3v) is 2.71. The maximum Gasteiger partial charge on any atom is 0.0461 e. The zero-order chi connectivity index (χ0) is 12.2. The van der Waals surface area contributed by atoms with Crippen LogP contribution in [0.5, 0.6) is 0 Å². The standard InChI is InChI=1S/C13H23N3/c1-10-9-11(6-8-15-10)12(16-14)5-7-13(2,3)4/h6,8-9,12,16H,5,7,14H2,1-4H3. The van der Waals surface area contributed by atoms with Gasteiger partial charge in [0.15, 0.2) is 0 Å². The fourth-order valence-corrected chi connectivity index (χ4v) is 1.71. The van der Waals surface area contributed by atoms with Crippen LogP contribution in [0.15, 0.2) is 18.3 Å². The van der Waals surface area contributed by atoms with E-state index in [0.717, 1.165) is 18.5 Å². The van der Waals surface area contributed by atoms with Gasteiger partial charge in [-0.1, -0.05) is 20.8 Å². The van der Waals surface area contributed by atoms with E-state index in [2.05, 4.69) is 37.2 Å². The summed E-state index contributed by atoms with van der Waals surface area (Å²) in [6, 6.07) is 4.34. The van der Waals surface area contributed by atoms with Crippen molar-refractivity contribution in [1.82, 2.24) is 10.4 Å². The van der Waals surface area contributed by atoms with Crippen LogP contribution in [-0.2, 0) is 0 Å². The van der Waals surface area contributed by atoms with Crippen LogP contribution in [0.25, 0.3) is 0 Å². The van der Waals surface area contributed by atoms with Gasteiger partial charge >= 0.3 is 0 Å². The molecule has 1 atom stereocenters. The third kappa shape index (κ3) is 4.29. The fraction of sp³-hybridized carbons (Fsp3) is 0.615. The molecule has 0 spiro atoms. The molecule has 0 saturated carbocycles. The SMILES string of the molecule is Cc1cc(C(CCC(C)(C)C)NN)ccn1. The summed E-state index contributed by atoms with van der Waals surface area (Å²) in [6.07, 6.45) is 4.03. The van der Waals surface area contributed by atoms with Crippen LogP contribution < -0.4 is 11.3 Å². The minimum absolute atomic E-state index is 0.223. The van der Waals surface area contributed by atoms with Crippen molar-refractivity contribution in [1.29, 1.82) is 0 Å². The second kappa shape index (κ2) is 5.41. The van der Waals surface area contributed by atoms with Crippen molar-refractivity contribution < 1.29 is 0 Å². The zero-order valence-electron chi connectivity index (χ0n) is 10.7. The van der Waals surface area contributed by atoms with Gasteiger partial charge in [0, 0.05) is 17.9 Å². The Bertz CT molecular complexity index is 328. The summed E-state index contributed by atoms with van der Waals surface area (Å²) in [7, 11) is 0. The van der Waals surface area contributed by atoms with Gasteiger partial charge in [-0.05, 0) is 42.9 Å². The number of rotatable bonds is 4. The number of pyridine rings is 1. The summed E-state index contributed by atoms with van der Waals surface area (Å²) in [4.78, 5) is 4.20. The first-order valence-electron chi connectivity index (χ1n) is 5.81. The summed E-state index contributed by atoms with van der Waals surface area (Å²) < 4.78 is 0. The van der Waals surface area contributed by atoms with Crippen LogP contribution in [0.1, 0.15) is 50.9 Å². The molecule has 3 heteroatoms. The fourth-order valence-electron chi connectivity index (χ4n) is 1.71. The van der Waals surface area contributed by atoms with Gasteiger partial charge in [-0.15, -0.1) is 0 Å². The molecule has 0 aliphatic carbocycles. The van der Waals surface area contributed by atoms with Crippen LogP contribution in [0, 0.1) is 12.3 Å². The Morgan fingerprint density at radius 3 is 2.62 bits per heavy atom. The van der Waals surface area contributed by atoms with Gasteiger partial charge in [-0.3, -0.25) is 16.3 Å². The highest BCUT2D eigenvalue weighted by Gasteiger charge is 2.15. The average molecular weight is 221 g/mol. The summed E-state index contributed by atoms with van der Waals surface area (Å²) in [5, 5.41) is 0. The van der Waals surface area contributed by atoms with E-state index in [1.54, 1.807) is 0 Å². The Balaban J connectivity index is 2.68. The monoisotopic (exact) mass is 221 g/mol. The first-order valence-corrected chi connectivity index (χ1v) is 5.81. The van der Waals surface area contributed by atoms with Gasteiger partial charge in [0.1, 0.15) is 0 Å². The highest BCUT2D eigenvalue weighted by molar-refractivity contribution is 5.19. The van der Waals surface area contributed by atoms with E-state index in [4.69, 9.17) is 5.84 Å². The molecule has 1 aromatic rings. The summed E-state index contributed by atoms with van der Waals surface area (Å²) >= 11 is 0. The maximum atomic E-state index is 5.61. The number of nitrogens with one attached hydrogen (secondary N) is 1. The molecular weight excluding hydrogens is 198 g/mol. The summed E-state index contributed by atoms with van der Waals surface area (Å²) in [6.45, 7) is 8.75. The van der Waals surface area contributed by atoms with E-state index in [9.17, 15) is 0 Å². The van der Waals surface area contributed by atoms with Gasteiger partial charge in [0.2, 0.25) is 0 Å². The summed E-state index contributed by atoms with van der Waals surface area (Å²) in [5.74, 6) is 5.61. The highest BCUT2D eigenvalue weighted by atomic mass is 15.2. The third-order valence-electron chi connectivity index (χ3n) is 2.71. The van der Waals surface area contributed by atoms with E-state index in [-0.39, 0.29) is 6.04 Å². The molecule has 3 N–H and O–H groups in total. The Hall–Kier alpha value is -0.930. The van der Waals surface area contributed by atoms with Crippen LogP contribution in [0.2, 0.25) is 0 Å². The molecule has 0 radical (unpaired) electrons. The smallest absolute Gasteiger partial charge is 0.0461 e. The van der Waals surface area contributed by atoms with Crippen molar-refractivity contribution in [3.8, 4) is 0 Å². The molecule has 0 aliphatic rings. The highest BCUT2D eigenvalue weighted by Crippen LogP contribution is 2.26. The van der Waals surface area contributed by atoms with Crippen molar-refractivity contribution in [2.45, 2.75) is 46.6 Å². The van der Waals surface area contributed by atoms with Crippen LogP contribution in [0.3, 0.4) is 0 Å². The van der Waals surface area contributed by atoms with Gasteiger partial charge in [-0.25, -0.2) is 0 Å². The molecule has 0 amide bonds. The lowest BCUT2D eigenvalue weighted by atomic mass is 9.87. The molecule has 0 saturated heterocycles. The topological polar surface area (TPSA) is 50.9 Å². The number of hydrogen-bond donors (Lipinski definition) is 2. The average Bonchev–Trinajstić information content (AvgIpc) is 2.17. The number of hydrogen-bond acceptors (Lipinski definition) is 3. The van der Waals surface area contributed by atoms with Crippen LogP contribution in [0.4, 0.5) is 0 Å². The molecule has 1 unspecified atom stereocenters. The Labute approximate surface area is 98.4 Å². The summed E-state index contributed by atoms with van der Waals surface area (Å²) in [5.41, 5.74) is 5.49. The minimum atomic E-state index is 0.223. The van der Waals surface area contributed by atoms with Crippen molar-refractivity contribution in [3.63, 3.8) is 0 Å². The van der Waals surface area contributed by atoms with Crippen molar-refractivity contribution in [2.75, 3.05) is 0 Å². The largest absolute Gasteiger partial charge is 0.271 e. The number of aryl methyl sites for hydroxylation is 1. The predicted octanol–water partition coefficient (Wildman–Crippen LogP) is 2.72. The number of hydrazine groups is 1. The van der Waals surface area contributed by atoms with Crippen LogP contribution in [-0.4, -0.2) is 4.98 Å². The molecule has 0 bridgehead atoms. The number of nitrogens with two attached hydrogens (primary N) is 1. The molecule has 1 aromatic heterocycles. The quantitative estimate of drug-likeness (QED) is 0.607. The van der Waals surface area contributed by atoms with E-state index in [1.165, 1.54) is 5.56 Å². The van der Waals surface area contributed by atoms with E-state index in [0.29, 0.717) is 5.41 Å². The molecule has 0 fully saturated rings. The molecule has 3 nitrogen and oxygen atoms in total. The van der Waals surface area contributed by atoms with Crippen molar-refractivity contribution >= 4 is 0 Å². The minimum Gasteiger partial charge on any atom is -0.271 e. The number of aromatic nitrogens is 1. The lowest BCUT2D eigenvalue weighted by molar-refractivity contribution is 0.333. The number of nitrogens with zero attached hydrogens (tertiary/aromatic N) is 1. The van der Waals surface area contributed by atoms with Crippen molar-refractivity contribution in [2.24, 2.45) is 11.3 Å². The Morgan fingerprint density at radius 2 is 2.12 bits per heavy atom. The Kier molecular flexibility index (Phi) is 4.44. The molecule has 1 heterocycles. The predicted molar refractivity (Wildman–Crippen MR) is 67.7 cm³/mol. The molecule has 0 aromatic carbocycles. The second-order valence-corrected chi connectivity index (χ2v) is 5.55. The lowest BCUT2D eigenvalue weighted by Crippen LogP contribution is -2.29. The second-order valence-electron chi connectivity index (χ2n) is 5.55. The first-order chi connectivity index (χ1) is 7.42. The van der Waals surface area contributed by atoms with Crippen LogP contribution >= 0.6 is 0 Å². The molecular formula is C13H23N3. The van der Waals surface area contributed by atoms with E-state index >= 15 is 0 Å². The van der Waals surface area contributed by atoms with E-state index < -0.39 is 0 Å². The van der Waals surface area contributed by atoms with Gasteiger partial charge in [0.25, 0.3) is 0 Å². The molecule has 0 aliphatic heterocycles. The van der Waals surface area contributed by atoms with E-state index in [1.807, 2.05) is 19.2 Å². The van der Waals surface area contributed by atoms with Gasteiger partial charge < -0.3 is 0 Å².